The van der Waals surface area contributed by atoms with Gasteiger partial charge in [-0.1, -0.05) is 57.0 Å². The standard InChI is InChI=1S/C19H31N3O/c1-3-22(4-2)17(16-10-6-5-7-11-16)14-21-18(23)19(15-20)12-8-9-13-19/h5-7,10-11,17H,3-4,8-9,12-15,20H2,1-2H3,(H,21,23). The van der Waals surface area contributed by atoms with Gasteiger partial charge < -0.3 is 11.1 Å². The Balaban J connectivity index is 2.07. The minimum Gasteiger partial charge on any atom is -0.354 e. The van der Waals surface area contributed by atoms with Crippen molar-refractivity contribution < 1.29 is 4.79 Å². The summed E-state index contributed by atoms with van der Waals surface area (Å²) in [6.45, 7) is 7.37. The van der Waals surface area contributed by atoms with Crippen molar-refractivity contribution in [1.29, 1.82) is 0 Å². The van der Waals surface area contributed by atoms with Gasteiger partial charge in [0.25, 0.3) is 0 Å². The number of nitrogens with two attached hydrogens (primary N) is 1. The summed E-state index contributed by atoms with van der Waals surface area (Å²) < 4.78 is 0. The van der Waals surface area contributed by atoms with Crippen LogP contribution < -0.4 is 11.1 Å². The Kier molecular flexibility index (Phi) is 6.60. The van der Waals surface area contributed by atoms with Gasteiger partial charge in [0.05, 0.1) is 11.5 Å². The van der Waals surface area contributed by atoms with E-state index < -0.39 is 0 Å². The van der Waals surface area contributed by atoms with Crippen LogP contribution in [0.3, 0.4) is 0 Å². The molecule has 0 radical (unpaired) electrons. The van der Waals surface area contributed by atoms with Gasteiger partial charge in [0.2, 0.25) is 5.91 Å². The predicted octanol–water partition coefficient (Wildman–Crippen LogP) is 2.70. The number of carbonyl (C=O) groups excluding carboxylic acids is 1. The maximum Gasteiger partial charge on any atom is 0.227 e. The van der Waals surface area contributed by atoms with Crippen molar-refractivity contribution in [3.63, 3.8) is 0 Å². The number of benzene rings is 1. The zero-order chi connectivity index (χ0) is 16.7. The van der Waals surface area contributed by atoms with Crippen molar-refractivity contribution in [2.75, 3.05) is 26.2 Å². The quantitative estimate of drug-likeness (QED) is 0.775. The van der Waals surface area contributed by atoms with Crippen molar-refractivity contribution in [3.8, 4) is 0 Å². The molecule has 4 nitrogen and oxygen atoms in total. The summed E-state index contributed by atoms with van der Waals surface area (Å²) in [4.78, 5) is 15.1. The second-order valence-electron chi connectivity index (χ2n) is 6.55. The van der Waals surface area contributed by atoms with Gasteiger partial charge in [0.1, 0.15) is 0 Å². The summed E-state index contributed by atoms with van der Waals surface area (Å²) >= 11 is 0. The first-order chi connectivity index (χ1) is 11.2. The highest BCUT2D eigenvalue weighted by molar-refractivity contribution is 5.83. The summed E-state index contributed by atoms with van der Waals surface area (Å²) in [5.41, 5.74) is 6.85. The van der Waals surface area contributed by atoms with Gasteiger partial charge in [-0.25, -0.2) is 0 Å². The molecular formula is C19H31N3O. The number of amides is 1. The van der Waals surface area contributed by atoms with E-state index in [1.807, 2.05) is 6.07 Å². The highest BCUT2D eigenvalue weighted by Gasteiger charge is 2.39. The third-order valence-corrected chi connectivity index (χ3v) is 5.33. The second kappa shape index (κ2) is 8.46. The lowest BCUT2D eigenvalue weighted by Crippen LogP contribution is -2.47. The highest BCUT2D eigenvalue weighted by Crippen LogP contribution is 2.37. The molecule has 1 aromatic rings. The van der Waals surface area contributed by atoms with E-state index in [0.717, 1.165) is 38.8 Å². The Morgan fingerprint density at radius 3 is 2.35 bits per heavy atom. The maximum absolute atomic E-state index is 12.7. The molecule has 4 heteroatoms. The normalized spacial score (nSPS) is 18.1. The van der Waals surface area contributed by atoms with Crippen LogP contribution in [-0.4, -0.2) is 37.0 Å². The first-order valence-corrected chi connectivity index (χ1v) is 8.94. The molecule has 1 saturated carbocycles. The number of likely N-dealkylation sites (N-methyl/N-ethyl adjacent to an activating group) is 1. The van der Waals surface area contributed by atoms with E-state index in [0.29, 0.717) is 13.1 Å². The van der Waals surface area contributed by atoms with Gasteiger partial charge in [-0.3, -0.25) is 9.69 Å². The van der Waals surface area contributed by atoms with Crippen LogP contribution >= 0.6 is 0 Å². The third-order valence-electron chi connectivity index (χ3n) is 5.33. The van der Waals surface area contributed by atoms with Crippen LogP contribution in [0.2, 0.25) is 0 Å². The van der Waals surface area contributed by atoms with Gasteiger partial charge in [0, 0.05) is 13.1 Å². The maximum atomic E-state index is 12.7. The van der Waals surface area contributed by atoms with Crippen molar-refractivity contribution in [2.45, 2.75) is 45.6 Å². The van der Waals surface area contributed by atoms with Crippen LogP contribution in [0, 0.1) is 5.41 Å². The van der Waals surface area contributed by atoms with Crippen molar-refractivity contribution in [3.05, 3.63) is 35.9 Å². The molecule has 1 amide bonds. The smallest absolute Gasteiger partial charge is 0.227 e. The van der Waals surface area contributed by atoms with Crippen molar-refractivity contribution >= 4 is 5.91 Å². The highest BCUT2D eigenvalue weighted by atomic mass is 16.2. The zero-order valence-electron chi connectivity index (χ0n) is 14.6. The predicted molar refractivity (Wildman–Crippen MR) is 95.1 cm³/mol. The number of hydrogen-bond acceptors (Lipinski definition) is 3. The molecular weight excluding hydrogens is 286 g/mol. The van der Waals surface area contributed by atoms with Gasteiger partial charge in [-0.05, 0) is 31.5 Å². The van der Waals surface area contributed by atoms with Gasteiger partial charge >= 0.3 is 0 Å². The number of nitrogens with one attached hydrogen (secondary N) is 1. The van der Waals surface area contributed by atoms with Gasteiger partial charge in [0.15, 0.2) is 0 Å². The lowest BCUT2D eigenvalue weighted by molar-refractivity contribution is -0.130. The van der Waals surface area contributed by atoms with E-state index in [1.54, 1.807) is 0 Å². The zero-order valence-corrected chi connectivity index (χ0v) is 14.6. The molecule has 1 fully saturated rings. The van der Waals surface area contributed by atoms with Crippen LogP contribution in [0.1, 0.15) is 51.1 Å². The minimum atomic E-state index is -0.329. The van der Waals surface area contributed by atoms with E-state index in [2.05, 4.69) is 48.3 Å². The number of rotatable bonds is 8. The fraction of sp³-hybridized carbons (Fsp3) is 0.632. The Morgan fingerprint density at radius 1 is 1.22 bits per heavy atom. The molecule has 128 valence electrons. The topological polar surface area (TPSA) is 58.4 Å². The second-order valence-corrected chi connectivity index (χ2v) is 6.55. The molecule has 0 spiro atoms. The van der Waals surface area contributed by atoms with E-state index in [4.69, 9.17) is 5.73 Å². The number of nitrogens with zero attached hydrogens (tertiary/aromatic N) is 1. The number of carbonyl (C=O) groups is 1. The summed E-state index contributed by atoms with van der Waals surface area (Å²) in [5, 5.41) is 3.20. The lowest BCUT2D eigenvalue weighted by atomic mass is 9.85. The molecule has 0 aliphatic heterocycles. The van der Waals surface area contributed by atoms with Crippen LogP contribution in [0.5, 0.6) is 0 Å². The first kappa shape index (κ1) is 18.0. The molecule has 1 aromatic carbocycles. The minimum absolute atomic E-state index is 0.144. The van der Waals surface area contributed by atoms with E-state index in [-0.39, 0.29) is 17.4 Å². The Labute approximate surface area is 140 Å². The summed E-state index contributed by atoms with van der Waals surface area (Å²) in [6, 6.07) is 10.7. The largest absolute Gasteiger partial charge is 0.354 e. The fourth-order valence-electron chi connectivity index (χ4n) is 3.75. The molecule has 0 aromatic heterocycles. The van der Waals surface area contributed by atoms with Crippen LogP contribution in [0.25, 0.3) is 0 Å². The average Bonchev–Trinajstić information content (AvgIpc) is 3.09. The molecule has 3 N–H and O–H groups in total. The molecule has 1 aliphatic carbocycles. The molecule has 1 atom stereocenters. The molecule has 1 aliphatic rings. The Hall–Kier alpha value is -1.39. The Bertz CT molecular complexity index is 479. The van der Waals surface area contributed by atoms with E-state index in [9.17, 15) is 4.79 Å². The molecule has 23 heavy (non-hydrogen) atoms. The summed E-state index contributed by atoms with van der Waals surface area (Å²) in [6.07, 6.45) is 4.08. The Morgan fingerprint density at radius 2 is 1.83 bits per heavy atom. The van der Waals surface area contributed by atoms with Gasteiger partial charge in [-0.2, -0.15) is 0 Å². The molecule has 0 heterocycles. The van der Waals surface area contributed by atoms with E-state index >= 15 is 0 Å². The number of hydrogen-bond donors (Lipinski definition) is 2. The molecule has 0 saturated heterocycles. The summed E-state index contributed by atoms with van der Waals surface area (Å²) in [5.74, 6) is 0.144. The van der Waals surface area contributed by atoms with Crippen molar-refractivity contribution in [2.24, 2.45) is 11.1 Å². The lowest BCUT2D eigenvalue weighted by Gasteiger charge is -2.32. The van der Waals surface area contributed by atoms with E-state index in [1.165, 1.54) is 5.56 Å². The van der Waals surface area contributed by atoms with Crippen LogP contribution in [0.15, 0.2) is 30.3 Å². The monoisotopic (exact) mass is 317 g/mol. The SMILES string of the molecule is CCN(CC)C(CNC(=O)C1(CN)CCCC1)c1ccccc1. The first-order valence-electron chi connectivity index (χ1n) is 8.94. The molecule has 2 rings (SSSR count). The fourth-order valence-corrected chi connectivity index (χ4v) is 3.75. The molecule has 1 unspecified atom stereocenters. The molecule has 0 bridgehead atoms. The van der Waals surface area contributed by atoms with Gasteiger partial charge in [-0.15, -0.1) is 0 Å². The average molecular weight is 317 g/mol. The summed E-state index contributed by atoms with van der Waals surface area (Å²) in [7, 11) is 0. The van der Waals surface area contributed by atoms with Crippen LogP contribution in [0.4, 0.5) is 0 Å². The van der Waals surface area contributed by atoms with Crippen LogP contribution in [-0.2, 0) is 4.79 Å². The van der Waals surface area contributed by atoms with Crippen molar-refractivity contribution in [1.82, 2.24) is 10.2 Å². The third kappa shape index (κ3) is 4.12.